The van der Waals surface area contributed by atoms with Crippen LogP contribution in [-0.4, -0.2) is 41.7 Å². The van der Waals surface area contributed by atoms with Gasteiger partial charge >= 0.3 is 0 Å². The lowest BCUT2D eigenvalue weighted by atomic mass is 10.0. The number of fused-ring (bicyclic) bond motifs is 1. The van der Waals surface area contributed by atoms with E-state index in [1.54, 1.807) is 12.5 Å². The lowest BCUT2D eigenvalue weighted by Gasteiger charge is -2.39. The number of morpholine rings is 1. The van der Waals surface area contributed by atoms with Crippen molar-refractivity contribution in [2.45, 2.75) is 31.5 Å². The van der Waals surface area contributed by atoms with Gasteiger partial charge in [0.25, 0.3) is 0 Å². The third-order valence-corrected chi connectivity index (χ3v) is 5.00. The Morgan fingerprint density at radius 3 is 3.09 bits per heavy atom. The Morgan fingerprint density at radius 2 is 2.26 bits per heavy atom. The fraction of sp³-hybridized carbons (Fsp3) is 0.500. The number of anilines is 1. The number of pyridine rings is 1. The lowest BCUT2D eigenvalue weighted by molar-refractivity contribution is -0.0760. The Kier molecular flexibility index (Phi) is 4.30. The minimum atomic E-state index is 0.322. The van der Waals surface area contributed by atoms with Crippen LogP contribution in [0.15, 0.2) is 47.3 Å². The summed E-state index contributed by atoms with van der Waals surface area (Å²) in [6, 6.07) is 8.55. The second kappa shape index (κ2) is 6.72. The summed E-state index contributed by atoms with van der Waals surface area (Å²) in [7, 11) is 0. The first-order valence-electron chi connectivity index (χ1n) is 8.42. The van der Waals surface area contributed by atoms with Crippen molar-refractivity contribution in [2.24, 2.45) is 5.92 Å². The molecule has 1 N–H and O–H groups in total. The first-order valence-corrected chi connectivity index (χ1v) is 8.42. The Labute approximate surface area is 136 Å². The van der Waals surface area contributed by atoms with E-state index in [2.05, 4.69) is 27.3 Å². The summed E-state index contributed by atoms with van der Waals surface area (Å²) in [6.45, 7) is 3.64. The van der Waals surface area contributed by atoms with Crippen LogP contribution in [0.25, 0.3) is 0 Å². The van der Waals surface area contributed by atoms with Crippen molar-refractivity contribution in [3.05, 3.63) is 48.7 Å². The first kappa shape index (κ1) is 14.7. The molecule has 2 aliphatic rings. The van der Waals surface area contributed by atoms with Crippen molar-refractivity contribution in [2.75, 3.05) is 25.0 Å². The molecule has 3 atom stereocenters. The second-order valence-corrected chi connectivity index (χ2v) is 6.41. The van der Waals surface area contributed by atoms with Crippen molar-refractivity contribution < 1.29 is 9.15 Å². The molecular formula is C18H23N3O2. The molecule has 2 aromatic heterocycles. The number of ether oxygens (including phenoxy) is 1. The highest BCUT2D eigenvalue weighted by molar-refractivity contribution is 5.39. The van der Waals surface area contributed by atoms with Crippen LogP contribution in [0.4, 0.5) is 5.69 Å². The quantitative estimate of drug-likeness (QED) is 0.920. The van der Waals surface area contributed by atoms with E-state index in [9.17, 15) is 0 Å². The minimum absolute atomic E-state index is 0.322. The van der Waals surface area contributed by atoms with Crippen molar-refractivity contribution >= 4 is 5.69 Å². The van der Waals surface area contributed by atoms with Crippen LogP contribution >= 0.6 is 0 Å². The highest BCUT2D eigenvalue weighted by Gasteiger charge is 2.42. The molecule has 122 valence electrons. The third kappa shape index (κ3) is 3.26. The molecule has 0 amide bonds. The normalized spacial score (nSPS) is 27.7. The molecule has 23 heavy (non-hydrogen) atoms. The predicted molar refractivity (Wildman–Crippen MR) is 88.1 cm³/mol. The van der Waals surface area contributed by atoms with Gasteiger partial charge in [-0.2, -0.15) is 0 Å². The van der Waals surface area contributed by atoms with E-state index in [4.69, 9.17) is 9.15 Å². The highest BCUT2D eigenvalue weighted by atomic mass is 16.5. The molecule has 0 spiro atoms. The topological polar surface area (TPSA) is 50.5 Å². The van der Waals surface area contributed by atoms with E-state index in [1.807, 2.05) is 18.3 Å². The molecule has 3 heterocycles. The molecule has 2 fully saturated rings. The average Bonchev–Trinajstić information content (AvgIpc) is 3.24. The maximum atomic E-state index is 6.12. The molecule has 0 aromatic carbocycles. The van der Waals surface area contributed by atoms with Gasteiger partial charge in [-0.05, 0) is 37.1 Å². The van der Waals surface area contributed by atoms with Gasteiger partial charge in [-0.1, -0.05) is 0 Å². The van der Waals surface area contributed by atoms with Crippen LogP contribution in [0.1, 0.15) is 18.6 Å². The molecule has 2 aromatic rings. The fourth-order valence-corrected chi connectivity index (χ4v) is 3.87. The highest BCUT2D eigenvalue weighted by Crippen LogP contribution is 2.35. The molecule has 1 aliphatic heterocycles. The first-order chi connectivity index (χ1) is 11.4. The van der Waals surface area contributed by atoms with Gasteiger partial charge in [0.2, 0.25) is 0 Å². The Balaban J connectivity index is 1.37. The van der Waals surface area contributed by atoms with Crippen LogP contribution in [0.3, 0.4) is 0 Å². The van der Waals surface area contributed by atoms with Crippen LogP contribution in [0.2, 0.25) is 0 Å². The summed E-state index contributed by atoms with van der Waals surface area (Å²) in [6.07, 6.45) is 8.15. The minimum Gasteiger partial charge on any atom is -0.468 e. The maximum Gasteiger partial charge on any atom is 0.117 e. The van der Waals surface area contributed by atoms with E-state index in [1.165, 1.54) is 12.8 Å². The molecular weight excluding hydrogens is 290 g/mol. The summed E-state index contributed by atoms with van der Waals surface area (Å²) in [5, 5.41) is 3.50. The molecule has 1 saturated carbocycles. The number of hydrogen-bond donors (Lipinski definition) is 1. The van der Waals surface area contributed by atoms with E-state index in [0.29, 0.717) is 18.1 Å². The third-order valence-electron chi connectivity index (χ3n) is 5.00. The molecule has 0 bridgehead atoms. The summed E-state index contributed by atoms with van der Waals surface area (Å²) < 4.78 is 11.6. The number of furan rings is 1. The smallest absolute Gasteiger partial charge is 0.117 e. The summed E-state index contributed by atoms with van der Waals surface area (Å²) in [5.74, 6) is 1.60. The zero-order valence-electron chi connectivity index (χ0n) is 13.2. The molecule has 4 rings (SSSR count). The Bertz CT molecular complexity index is 602. The van der Waals surface area contributed by atoms with Crippen LogP contribution in [-0.2, 0) is 11.3 Å². The number of nitrogens with one attached hydrogen (secondary N) is 1. The average molecular weight is 313 g/mol. The van der Waals surface area contributed by atoms with Gasteiger partial charge in [-0.15, -0.1) is 0 Å². The van der Waals surface area contributed by atoms with E-state index >= 15 is 0 Å². The van der Waals surface area contributed by atoms with Crippen LogP contribution in [0, 0.1) is 5.92 Å². The predicted octanol–water partition coefficient (Wildman–Crippen LogP) is 2.77. The van der Waals surface area contributed by atoms with Crippen molar-refractivity contribution in [1.29, 1.82) is 0 Å². The van der Waals surface area contributed by atoms with E-state index in [0.717, 1.165) is 37.7 Å². The maximum absolute atomic E-state index is 6.12. The van der Waals surface area contributed by atoms with Gasteiger partial charge in [0.1, 0.15) is 5.76 Å². The largest absolute Gasteiger partial charge is 0.468 e. The van der Waals surface area contributed by atoms with Crippen molar-refractivity contribution in [3.8, 4) is 0 Å². The molecule has 1 saturated heterocycles. The van der Waals surface area contributed by atoms with Crippen molar-refractivity contribution in [3.63, 3.8) is 0 Å². The van der Waals surface area contributed by atoms with Crippen LogP contribution in [0.5, 0.6) is 0 Å². The standard InChI is InChI=1S/C18H23N3O2/c1-3-15(12-19-7-1)20-11-14-5-6-17-18(14)23-10-8-21(17)13-16-4-2-9-22-16/h1-4,7,9,12,14,17-18,20H,5-6,8,10-11,13H2/t14-,17+,18-/m0/s1. The lowest BCUT2D eigenvalue weighted by Crippen LogP contribution is -2.50. The van der Waals surface area contributed by atoms with Gasteiger partial charge in [-0.25, -0.2) is 0 Å². The molecule has 5 heteroatoms. The van der Waals surface area contributed by atoms with E-state index < -0.39 is 0 Å². The van der Waals surface area contributed by atoms with Crippen LogP contribution < -0.4 is 5.32 Å². The second-order valence-electron chi connectivity index (χ2n) is 6.41. The summed E-state index contributed by atoms with van der Waals surface area (Å²) in [4.78, 5) is 6.68. The Morgan fingerprint density at radius 1 is 1.26 bits per heavy atom. The van der Waals surface area contributed by atoms with Crippen molar-refractivity contribution in [1.82, 2.24) is 9.88 Å². The zero-order valence-corrected chi connectivity index (χ0v) is 13.2. The van der Waals surface area contributed by atoms with Gasteiger partial charge in [0, 0.05) is 37.4 Å². The molecule has 0 radical (unpaired) electrons. The fourth-order valence-electron chi connectivity index (χ4n) is 3.87. The van der Waals surface area contributed by atoms with Gasteiger partial charge in [0.05, 0.1) is 31.2 Å². The van der Waals surface area contributed by atoms with Gasteiger partial charge < -0.3 is 14.5 Å². The van der Waals surface area contributed by atoms with E-state index in [-0.39, 0.29) is 0 Å². The molecule has 1 aliphatic carbocycles. The molecule has 5 nitrogen and oxygen atoms in total. The monoisotopic (exact) mass is 313 g/mol. The molecule has 0 unspecified atom stereocenters. The summed E-state index contributed by atoms with van der Waals surface area (Å²) in [5.41, 5.74) is 1.08. The number of hydrogen-bond acceptors (Lipinski definition) is 5. The number of aromatic nitrogens is 1. The van der Waals surface area contributed by atoms with Gasteiger partial charge in [-0.3, -0.25) is 9.88 Å². The SMILES string of the molecule is c1cncc(NC[C@@H]2CC[C@@H]3[C@H]2OCCN3Cc2ccco2)c1. The zero-order chi connectivity index (χ0) is 15.5. The number of nitrogens with zero attached hydrogens (tertiary/aromatic N) is 2. The summed E-state index contributed by atoms with van der Waals surface area (Å²) >= 11 is 0. The van der Waals surface area contributed by atoms with Gasteiger partial charge in [0.15, 0.2) is 0 Å². The Hall–Kier alpha value is -1.85. The number of rotatable bonds is 5.